The Morgan fingerprint density at radius 3 is 2.84 bits per heavy atom. The predicted molar refractivity (Wildman–Crippen MR) is 93.7 cm³/mol. The number of aromatic nitrogens is 3. The summed E-state index contributed by atoms with van der Waals surface area (Å²) >= 11 is 0. The molecular formula is C18H20N4O3. The lowest BCUT2D eigenvalue weighted by Crippen LogP contribution is -2.31. The Bertz CT molecular complexity index is 1070. The number of nitrogens with zero attached hydrogens (tertiary/aromatic N) is 3. The van der Waals surface area contributed by atoms with Crippen LogP contribution in [-0.4, -0.2) is 26.5 Å². The van der Waals surface area contributed by atoms with Crippen LogP contribution in [0.25, 0.3) is 16.7 Å². The number of rotatable bonds is 5. The van der Waals surface area contributed by atoms with E-state index in [1.807, 2.05) is 6.92 Å². The monoisotopic (exact) mass is 340 g/mol. The van der Waals surface area contributed by atoms with Crippen molar-refractivity contribution in [3.8, 4) is 0 Å². The molecule has 3 aromatic heterocycles. The van der Waals surface area contributed by atoms with Crippen molar-refractivity contribution in [3.63, 3.8) is 0 Å². The molecular weight excluding hydrogens is 320 g/mol. The summed E-state index contributed by atoms with van der Waals surface area (Å²) in [6.07, 6.45) is 3.37. The van der Waals surface area contributed by atoms with Gasteiger partial charge in [0, 0.05) is 12.7 Å². The van der Waals surface area contributed by atoms with Crippen molar-refractivity contribution < 1.29 is 9.53 Å². The predicted octanol–water partition coefficient (Wildman–Crippen LogP) is 2.11. The Morgan fingerprint density at radius 2 is 2.12 bits per heavy atom. The van der Waals surface area contributed by atoms with Gasteiger partial charge >= 0.3 is 5.97 Å². The molecule has 0 radical (unpaired) electrons. The van der Waals surface area contributed by atoms with Gasteiger partial charge in [0.1, 0.15) is 22.3 Å². The summed E-state index contributed by atoms with van der Waals surface area (Å²) in [6.45, 7) is 4.46. The Labute approximate surface area is 144 Å². The fraction of sp³-hybridized carbons (Fsp3) is 0.333. The maximum Gasteiger partial charge on any atom is 0.341 e. The van der Waals surface area contributed by atoms with Crippen molar-refractivity contribution in [2.45, 2.75) is 33.2 Å². The highest BCUT2D eigenvalue weighted by Gasteiger charge is 2.17. The summed E-state index contributed by atoms with van der Waals surface area (Å²) in [6, 6.07) is 6.72. The maximum absolute atomic E-state index is 12.9. The standard InChI is InChI=1S/C18H20N4O3/c1-3-5-9-22-15(19)12(18(24)25-4-2)11-13-16(22)20-14-8-6-7-10-21(14)17(13)23/h6-8,10-11,19H,3-5,9H2,1-2H3. The number of fused-ring (bicyclic) bond motifs is 2. The fourth-order valence-electron chi connectivity index (χ4n) is 2.79. The average molecular weight is 340 g/mol. The summed E-state index contributed by atoms with van der Waals surface area (Å²) in [5.41, 5.74) is 0.763. The normalized spacial score (nSPS) is 11.1. The number of carbonyl (C=O) groups excluding carboxylic acids is 1. The largest absolute Gasteiger partial charge is 0.462 e. The first-order valence-corrected chi connectivity index (χ1v) is 8.35. The summed E-state index contributed by atoms with van der Waals surface area (Å²) in [4.78, 5) is 29.6. The van der Waals surface area contributed by atoms with Crippen LogP contribution >= 0.6 is 0 Å². The highest BCUT2D eigenvalue weighted by molar-refractivity contribution is 5.93. The molecule has 0 spiro atoms. The molecule has 0 aromatic carbocycles. The topological polar surface area (TPSA) is 89.5 Å². The summed E-state index contributed by atoms with van der Waals surface area (Å²) in [5.74, 6) is -0.600. The first-order valence-electron chi connectivity index (χ1n) is 8.35. The second-order valence-electron chi connectivity index (χ2n) is 5.72. The van der Waals surface area contributed by atoms with Crippen molar-refractivity contribution in [2.75, 3.05) is 6.61 Å². The quantitative estimate of drug-likeness (QED) is 0.569. The molecule has 0 amide bonds. The van der Waals surface area contributed by atoms with Crippen LogP contribution in [-0.2, 0) is 11.3 Å². The minimum absolute atomic E-state index is 0.0200. The third kappa shape index (κ3) is 2.93. The van der Waals surface area contributed by atoms with Gasteiger partial charge in [-0.3, -0.25) is 14.6 Å². The summed E-state index contributed by atoms with van der Waals surface area (Å²) in [5, 5.41) is 8.71. The van der Waals surface area contributed by atoms with Gasteiger partial charge in [-0.1, -0.05) is 19.4 Å². The van der Waals surface area contributed by atoms with Crippen LogP contribution in [0.15, 0.2) is 35.3 Å². The molecule has 0 unspecified atom stereocenters. The van der Waals surface area contributed by atoms with E-state index in [1.165, 1.54) is 10.5 Å². The fourth-order valence-corrected chi connectivity index (χ4v) is 2.79. The Balaban J connectivity index is 2.41. The van der Waals surface area contributed by atoms with Gasteiger partial charge in [0.25, 0.3) is 5.56 Å². The third-order valence-corrected chi connectivity index (χ3v) is 4.05. The summed E-state index contributed by atoms with van der Waals surface area (Å²) in [7, 11) is 0. The number of hydrogen-bond donors (Lipinski definition) is 1. The SMILES string of the molecule is CCCCn1c(=N)c(C(=O)OCC)cc2c(=O)n3ccccc3nc21. The van der Waals surface area contributed by atoms with E-state index in [0.717, 1.165) is 12.8 Å². The van der Waals surface area contributed by atoms with Gasteiger partial charge in [-0.2, -0.15) is 0 Å². The number of unbranched alkanes of at least 4 members (excludes halogenated alkanes) is 1. The van der Waals surface area contributed by atoms with Crippen LogP contribution in [0, 0.1) is 5.41 Å². The van der Waals surface area contributed by atoms with Crippen molar-refractivity contribution >= 4 is 22.6 Å². The van der Waals surface area contributed by atoms with Crippen LogP contribution in [0.2, 0.25) is 0 Å². The zero-order valence-corrected chi connectivity index (χ0v) is 14.3. The van der Waals surface area contributed by atoms with E-state index in [0.29, 0.717) is 23.2 Å². The number of aryl methyl sites for hydroxylation is 1. The molecule has 1 N–H and O–H groups in total. The minimum atomic E-state index is -0.600. The molecule has 0 atom stereocenters. The van der Waals surface area contributed by atoms with Gasteiger partial charge in [0.2, 0.25) is 0 Å². The second kappa shape index (κ2) is 6.88. The Morgan fingerprint density at radius 1 is 1.32 bits per heavy atom. The highest BCUT2D eigenvalue weighted by atomic mass is 16.5. The first-order chi connectivity index (χ1) is 12.1. The van der Waals surface area contributed by atoms with Crippen molar-refractivity contribution in [1.29, 1.82) is 5.41 Å². The third-order valence-electron chi connectivity index (χ3n) is 4.05. The average Bonchev–Trinajstić information content (AvgIpc) is 2.61. The molecule has 3 aromatic rings. The summed E-state index contributed by atoms with van der Waals surface area (Å²) < 4.78 is 8.10. The second-order valence-corrected chi connectivity index (χ2v) is 5.72. The number of nitrogens with one attached hydrogen (secondary N) is 1. The van der Waals surface area contributed by atoms with Crippen LogP contribution in [0.4, 0.5) is 0 Å². The molecule has 7 heteroatoms. The number of hydrogen-bond acceptors (Lipinski definition) is 5. The smallest absolute Gasteiger partial charge is 0.341 e. The molecule has 0 saturated carbocycles. The van der Waals surface area contributed by atoms with E-state index in [9.17, 15) is 9.59 Å². The van der Waals surface area contributed by atoms with E-state index >= 15 is 0 Å². The number of carbonyl (C=O) groups is 1. The molecule has 0 bridgehead atoms. The van der Waals surface area contributed by atoms with Crippen molar-refractivity contribution in [2.24, 2.45) is 0 Å². The molecule has 0 saturated heterocycles. The number of ether oxygens (including phenoxy) is 1. The van der Waals surface area contributed by atoms with Crippen molar-refractivity contribution in [1.82, 2.24) is 14.0 Å². The van der Waals surface area contributed by atoms with E-state index in [2.05, 4.69) is 4.98 Å². The van der Waals surface area contributed by atoms with Gasteiger partial charge < -0.3 is 9.30 Å². The van der Waals surface area contributed by atoms with Gasteiger partial charge in [-0.05, 0) is 31.5 Å². The van der Waals surface area contributed by atoms with Crippen LogP contribution in [0.3, 0.4) is 0 Å². The van der Waals surface area contributed by atoms with Crippen LogP contribution in [0.5, 0.6) is 0 Å². The minimum Gasteiger partial charge on any atom is -0.462 e. The molecule has 7 nitrogen and oxygen atoms in total. The number of pyridine rings is 2. The van der Waals surface area contributed by atoms with E-state index in [1.54, 1.807) is 35.9 Å². The van der Waals surface area contributed by atoms with Crippen LogP contribution in [0.1, 0.15) is 37.0 Å². The van der Waals surface area contributed by atoms with Crippen molar-refractivity contribution in [3.05, 3.63) is 51.9 Å². The van der Waals surface area contributed by atoms with E-state index in [-0.39, 0.29) is 23.2 Å². The molecule has 0 fully saturated rings. The van der Waals surface area contributed by atoms with Gasteiger partial charge in [-0.15, -0.1) is 0 Å². The number of esters is 1. The lowest BCUT2D eigenvalue weighted by molar-refractivity contribution is 0.0523. The molecule has 0 aliphatic rings. The first kappa shape index (κ1) is 16.9. The van der Waals surface area contributed by atoms with Gasteiger partial charge in [-0.25, -0.2) is 9.78 Å². The zero-order chi connectivity index (χ0) is 18.0. The van der Waals surface area contributed by atoms with Crippen LogP contribution < -0.4 is 11.0 Å². The lowest BCUT2D eigenvalue weighted by atomic mass is 10.2. The Kier molecular flexibility index (Phi) is 4.65. The molecule has 0 aliphatic heterocycles. The molecule has 130 valence electrons. The van der Waals surface area contributed by atoms with E-state index in [4.69, 9.17) is 10.1 Å². The highest BCUT2D eigenvalue weighted by Crippen LogP contribution is 2.11. The maximum atomic E-state index is 12.9. The van der Waals surface area contributed by atoms with Gasteiger partial charge in [0.15, 0.2) is 0 Å². The molecule has 3 heterocycles. The van der Waals surface area contributed by atoms with Gasteiger partial charge in [0.05, 0.1) is 12.0 Å². The van der Waals surface area contributed by atoms with E-state index < -0.39 is 5.97 Å². The Hall–Kier alpha value is -2.96. The molecule has 3 rings (SSSR count). The molecule has 0 aliphatic carbocycles. The molecule has 25 heavy (non-hydrogen) atoms. The zero-order valence-electron chi connectivity index (χ0n) is 14.3. The lowest BCUT2D eigenvalue weighted by Gasteiger charge is -2.14.